The van der Waals surface area contributed by atoms with Gasteiger partial charge in [-0.3, -0.25) is 19.4 Å². The number of benzene rings is 1. The summed E-state index contributed by atoms with van der Waals surface area (Å²) in [4.78, 5) is 45.5. The highest BCUT2D eigenvalue weighted by Gasteiger charge is 2.39. The lowest BCUT2D eigenvalue weighted by Gasteiger charge is -2.36. The third kappa shape index (κ3) is 3.54. The van der Waals surface area contributed by atoms with E-state index in [2.05, 4.69) is 4.98 Å². The van der Waals surface area contributed by atoms with Crippen LogP contribution in [0.15, 0.2) is 48.8 Å². The maximum Gasteiger partial charge on any atom is 0.255 e. The molecule has 0 spiro atoms. The number of fused-ring (bicyclic) bond motifs is 4. The number of nitrogens with zero attached hydrogens (tertiary/aromatic N) is 3. The summed E-state index contributed by atoms with van der Waals surface area (Å²) in [6, 6.07) is 10.4. The molecule has 3 aliphatic rings. The van der Waals surface area contributed by atoms with Crippen molar-refractivity contribution in [1.82, 2.24) is 14.8 Å². The molecule has 3 aliphatic heterocycles. The van der Waals surface area contributed by atoms with E-state index in [0.29, 0.717) is 36.3 Å². The van der Waals surface area contributed by atoms with Gasteiger partial charge in [-0.05, 0) is 49.9 Å². The number of amides is 2. The number of aromatic nitrogens is 1. The molecule has 4 heterocycles. The first-order valence-corrected chi connectivity index (χ1v) is 9.64. The number of pyridine rings is 1. The summed E-state index contributed by atoms with van der Waals surface area (Å²) in [5.41, 5.74) is 1.65. The zero-order valence-electron chi connectivity index (χ0n) is 15.9. The van der Waals surface area contributed by atoms with Gasteiger partial charge in [0.05, 0.1) is 5.56 Å². The van der Waals surface area contributed by atoms with Crippen LogP contribution in [0, 0.1) is 5.92 Å². The fourth-order valence-electron chi connectivity index (χ4n) is 4.21. The number of hydrogen-bond acceptors (Lipinski definition) is 4. The number of carbonyl (C=O) groups excluding carboxylic acids is 3. The highest BCUT2D eigenvalue weighted by molar-refractivity contribution is 6.00. The Hall–Kier alpha value is -3.02. The van der Waals surface area contributed by atoms with Gasteiger partial charge in [0.2, 0.25) is 0 Å². The molecule has 2 atom stereocenters. The highest BCUT2D eigenvalue weighted by atomic mass is 16.2. The van der Waals surface area contributed by atoms with Gasteiger partial charge in [-0.15, -0.1) is 0 Å². The van der Waals surface area contributed by atoms with Crippen LogP contribution in [-0.2, 0) is 0 Å². The largest absolute Gasteiger partial charge is 0.336 e. The van der Waals surface area contributed by atoms with Crippen molar-refractivity contribution in [2.75, 3.05) is 19.6 Å². The van der Waals surface area contributed by atoms with Crippen molar-refractivity contribution in [2.45, 2.75) is 25.8 Å². The van der Waals surface area contributed by atoms with Crippen molar-refractivity contribution in [2.24, 2.45) is 5.92 Å². The number of ketones is 1. The normalized spacial score (nSPS) is 21.3. The van der Waals surface area contributed by atoms with E-state index in [9.17, 15) is 14.4 Å². The summed E-state index contributed by atoms with van der Waals surface area (Å²) in [5, 5.41) is 0. The first-order valence-electron chi connectivity index (χ1n) is 9.64. The molecule has 1 aromatic heterocycles. The summed E-state index contributed by atoms with van der Waals surface area (Å²) >= 11 is 0. The fourth-order valence-corrected chi connectivity index (χ4v) is 4.21. The molecule has 0 aliphatic carbocycles. The Morgan fingerprint density at radius 2 is 1.71 bits per heavy atom. The van der Waals surface area contributed by atoms with E-state index in [1.807, 2.05) is 9.80 Å². The molecule has 2 bridgehead atoms. The highest BCUT2D eigenvalue weighted by Crippen LogP contribution is 2.30. The van der Waals surface area contributed by atoms with Crippen LogP contribution in [0.3, 0.4) is 0 Å². The smallest absolute Gasteiger partial charge is 0.255 e. The van der Waals surface area contributed by atoms with Crippen LogP contribution in [0.5, 0.6) is 0 Å². The van der Waals surface area contributed by atoms with Gasteiger partial charge < -0.3 is 9.80 Å². The SMILES string of the molecule is CC(=O)c1cccc(C(=O)N2C[C@H]3CC[C@@H]2CN(C(=O)c2cccnc2)C3)c1. The fraction of sp³-hybridized carbons (Fsp3) is 0.364. The van der Waals surface area contributed by atoms with Crippen LogP contribution in [0.2, 0.25) is 0 Å². The van der Waals surface area contributed by atoms with Crippen LogP contribution in [0.4, 0.5) is 0 Å². The minimum atomic E-state index is -0.0616. The lowest BCUT2D eigenvalue weighted by Crippen LogP contribution is -2.47. The van der Waals surface area contributed by atoms with Crippen LogP contribution in [0.1, 0.15) is 50.8 Å². The van der Waals surface area contributed by atoms with E-state index in [1.54, 1.807) is 48.8 Å². The monoisotopic (exact) mass is 377 g/mol. The van der Waals surface area contributed by atoms with E-state index in [0.717, 1.165) is 12.8 Å². The topological polar surface area (TPSA) is 70.6 Å². The molecule has 0 unspecified atom stereocenters. The Bertz CT molecular complexity index is 912. The maximum atomic E-state index is 13.2. The molecule has 6 heteroatoms. The molecule has 2 amide bonds. The van der Waals surface area contributed by atoms with Gasteiger partial charge in [-0.2, -0.15) is 0 Å². The Morgan fingerprint density at radius 3 is 2.46 bits per heavy atom. The Kier molecular flexibility index (Phi) is 4.94. The average molecular weight is 377 g/mol. The van der Waals surface area contributed by atoms with Gasteiger partial charge in [-0.1, -0.05) is 12.1 Å². The summed E-state index contributed by atoms with van der Waals surface area (Å²) in [6.07, 6.45) is 5.14. The van der Waals surface area contributed by atoms with Crippen molar-refractivity contribution >= 4 is 17.6 Å². The molecule has 28 heavy (non-hydrogen) atoms. The van der Waals surface area contributed by atoms with E-state index in [4.69, 9.17) is 0 Å². The summed E-state index contributed by atoms with van der Waals surface area (Å²) in [6.45, 7) is 3.33. The van der Waals surface area contributed by atoms with Crippen LogP contribution in [0.25, 0.3) is 0 Å². The van der Waals surface area contributed by atoms with E-state index >= 15 is 0 Å². The van der Waals surface area contributed by atoms with E-state index in [1.165, 1.54) is 6.92 Å². The predicted molar refractivity (Wildman–Crippen MR) is 104 cm³/mol. The lowest BCUT2D eigenvalue weighted by molar-refractivity contribution is 0.0574. The molecule has 0 radical (unpaired) electrons. The standard InChI is InChI=1S/C22H23N3O3/c1-15(26)17-4-2-5-18(10-17)22(28)25-13-16-7-8-20(25)14-24(12-16)21(27)19-6-3-9-23-11-19/h2-6,9-11,16,20H,7-8,12-14H2,1H3/t16-,20+/m0/s1. The summed E-state index contributed by atoms with van der Waals surface area (Å²) in [7, 11) is 0. The zero-order chi connectivity index (χ0) is 19.7. The van der Waals surface area contributed by atoms with Gasteiger partial charge >= 0.3 is 0 Å². The van der Waals surface area contributed by atoms with Gasteiger partial charge in [0.1, 0.15) is 0 Å². The maximum absolute atomic E-state index is 13.2. The molecule has 144 valence electrons. The number of Topliss-reactive ketones (excluding diaryl/α,β-unsaturated/α-hetero) is 1. The quantitative estimate of drug-likeness (QED) is 0.771. The van der Waals surface area contributed by atoms with Gasteiger partial charge in [-0.25, -0.2) is 0 Å². The minimum Gasteiger partial charge on any atom is -0.336 e. The third-order valence-corrected chi connectivity index (χ3v) is 5.69. The number of hydrogen-bond donors (Lipinski definition) is 0. The Labute approximate surface area is 164 Å². The molecule has 1 aromatic carbocycles. The molecule has 3 saturated heterocycles. The lowest BCUT2D eigenvalue weighted by atomic mass is 9.94. The first kappa shape index (κ1) is 18.3. The molecular weight excluding hydrogens is 354 g/mol. The number of rotatable bonds is 3. The van der Waals surface area contributed by atoms with E-state index in [-0.39, 0.29) is 29.6 Å². The molecule has 2 aromatic rings. The Morgan fingerprint density at radius 1 is 0.929 bits per heavy atom. The van der Waals surface area contributed by atoms with Crippen molar-refractivity contribution in [3.8, 4) is 0 Å². The second kappa shape index (κ2) is 7.54. The van der Waals surface area contributed by atoms with Crippen molar-refractivity contribution < 1.29 is 14.4 Å². The molecule has 0 saturated carbocycles. The second-order valence-corrected chi connectivity index (χ2v) is 7.64. The van der Waals surface area contributed by atoms with Crippen LogP contribution < -0.4 is 0 Å². The zero-order valence-corrected chi connectivity index (χ0v) is 15.9. The van der Waals surface area contributed by atoms with Crippen molar-refractivity contribution in [1.29, 1.82) is 0 Å². The Balaban J connectivity index is 1.55. The molecule has 0 N–H and O–H groups in total. The van der Waals surface area contributed by atoms with Gasteiger partial charge in [0.15, 0.2) is 5.78 Å². The van der Waals surface area contributed by atoms with Crippen LogP contribution >= 0.6 is 0 Å². The number of piperidine rings is 1. The molecule has 6 nitrogen and oxygen atoms in total. The van der Waals surface area contributed by atoms with Gasteiger partial charge in [0.25, 0.3) is 11.8 Å². The van der Waals surface area contributed by atoms with Crippen LogP contribution in [-0.4, -0.2) is 58.1 Å². The van der Waals surface area contributed by atoms with Crippen molar-refractivity contribution in [3.63, 3.8) is 0 Å². The summed E-state index contributed by atoms with van der Waals surface area (Å²) in [5.74, 6) is 0.117. The number of carbonyl (C=O) groups is 3. The first-order chi connectivity index (χ1) is 13.5. The molecular formula is C22H23N3O3. The summed E-state index contributed by atoms with van der Waals surface area (Å²) < 4.78 is 0. The predicted octanol–water partition coefficient (Wildman–Crippen LogP) is 2.66. The van der Waals surface area contributed by atoms with Gasteiger partial charge in [0, 0.05) is 49.2 Å². The molecule has 3 fully saturated rings. The molecule has 5 rings (SSSR count). The minimum absolute atomic E-state index is 0.00662. The van der Waals surface area contributed by atoms with Crippen molar-refractivity contribution in [3.05, 3.63) is 65.5 Å². The second-order valence-electron chi connectivity index (χ2n) is 7.64. The van der Waals surface area contributed by atoms with E-state index < -0.39 is 0 Å². The third-order valence-electron chi connectivity index (χ3n) is 5.69. The average Bonchev–Trinajstić information content (AvgIpc) is 3.05.